The Labute approximate surface area is 127 Å². The van der Waals surface area contributed by atoms with E-state index in [1.807, 2.05) is 12.1 Å². The molecular formula is C14H11BrN2O2S. The highest BCUT2D eigenvalue weighted by Gasteiger charge is 2.16. The van der Waals surface area contributed by atoms with Crippen LogP contribution in [-0.4, -0.2) is 23.2 Å². The molecule has 102 valence electrons. The molecule has 20 heavy (non-hydrogen) atoms. The largest absolute Gasteiger partial charge is 0.486 e. The van der Waals surface area contributed by atoms with Crippen molar-refractivity contribution in [1.82, 2.24) is 9.97 Å². The van der Waals surface area contributed by atoms with Crippen LogP contribution >= 0.6 is 27.3 Å². The van der Waals surface area contributed by atoms with Crippen LogP contribution in [0.2, 0.25) is 0 Å². The Morgan fingerprint density at radius 3 is 2.65 bits per heavy atom. The van der Waals surface area contributed by atoms with Crippen molar-refractivity contribution in [1.29, 1.82) is 0 Å². The number of benzene rings is 1. The molecule has 0 amide bonds. The highest BCUT2D eigenvalue weighted by atomic mass is 79.9. The van der Waals surface area contributed by atoms with Crippen molar-refractivity contribution < 1.29 is 9.47 Å². The monoisotopic (exact) mass is 350 g/mol. The van der Waals surface area contributed by atoms with Crippen molar-refractivity contribution in [3.63, 3.8) is 0 Å². The van der Waals surface area contributed by atoms with Gasteiger partial charge in [-0.1, -0.05) is 0 Å². The number of aromatic nitrogens is 2. The second-order valence-electron chi connectivity index (χ2n) is 4.67. The third kappa shape index (κ3) is 1.91. The molecule has 0 bridgehead atoms. The van der Waals surface area contributed by atoms with Gasteiger partial charge in [-0.25, -0.2) is 4.98 Å². The summed E-state index contributed by atoms with van der Waals surface area (Å²) in [6.45, 7) is 3.26. The number of rotatable bonds is 1. The highest BCUT2D eigenvalue weighted by molar-refractivity contribution is 9.11. The van der Waals surface area contributed by atoms with Crippen LogP contribution in [0.4, 0.5) is 0 Å². The fourth-order valence-corrected chi connectivity index (χ4v) is 3.72. The van der Waals surface area contributed by atoms with Crippen LogP contribution in [0.5, 0.6) is 11.5 Å². The van der Waals surface area contributed by atoms with E-state index in [2.05, 4.69) is 38.9 Å². The Morgan fingerprint density at radius 2 is 1.95 bits per heavy atom. The summed E-state index contributed by atoms with van der Waals surface area (Å²) in [5.41, 5.74) is 3.08. The summed E-state index contributed by atoms with van der Waals surface area (Å²) in [5.74, 6) is 2.42. The van der Waals surface area contributed by atoms with Gasteiger partial charge in [-0.05, 0) is 34.5 Å². The van der Waals surface area contributed by atoms with Gasteiger partial charge in [0.05, 0.1) is 19.7 Å². The maximum Gasteiger partial charge on any atom is 0.163 e. The standard InChI is InChI=1S/C14H11BrN2O2S/c1-7-4-12(20-13(7)15)14-16-8-5-10-11(6-9(8)17-14)19-3-2-18-10/h4-6H,2-3H2,1H3,(H,16,17). The third-order valence-corrected chi connectivity index (χ3v) is 5.38. The molecule has 6 heteroatoms. The molecule has 1 N–H and O–H groups in total. The molecule has 0 spiro atoms. The van der Waals surface area contributed by atoms with Crippen molar-refractivity contribution in [3.8, 4) is 22.2 Å². The minimum absolute atomic E-state index is 0.590. The van der Waals surface area contributed by atoms with E-state index in [0.29, 0.717) is 13.2 Å². The Balaban J connectivity index is 1.86. The highest BCUT2D eigenvalue weighted by Crippen LogP contribution is 2.37. The maximum absolute atomic E-state index is 5.59. The van der Waals surface area contributed by atoms with Crippen LogP contribution in [0.1, 0.15) is 5.56 Å². The predicted molar refractivity (Wildman–Crippen MR) is 82.8 cm³/mol. The molecular weight excluding hydrogens is 340 g/mol. The number of aromatic amines is 1. The lowest BCUT2D eigenvalue weighted by Gasteiger charge is -2.17. The van der Waals surface area contributed by atoms with Crippen molar-refractivity contribution >= 4 is 38.3 Å². The van der Waals surface area contributed by atoms with Gasteiger partial charge in [0, 0.05) is 12.1 Å². The smallest absolute Gasteiger partial charge is 0.163 e. The van der Waals surface area contributed by atoms with Crippen molar-refractivity contribution in [2.45, 2.75) is 6.92 Å². The first-order valence-electron chi connectivity index (χ1n) is 6.26. The number of thiophene rings is 1. The summed E-state index contributed by atoms with van der Waals surface area (Å²) in [4.78, 5) is 9.11. The summed E-state index contributed by atoms with van der Waals surface area (Å²) in [6.07, 6.45) is 0. The normalized spacial score (nSPS) is 13.9. The molecule has 3 heterocycles. The number of hydrogen-bond donors (Lipinski definition) is 1. The summed E-state index contributed by atoms with van der Waals surface area (Å²) in [5, 5.41) is 0. The van der Waals surface area contributed by atoms with Gasteiger partial charge in [-0.3, -0.25) is 0 Å². The molecule has 0 atom stereocenters. The van der Waals surface area contributed by atoms with E-state index in [9.17, 15) is 0 Å². The molecule has 0 fully saturated rings. The van der Waals surface area contributed by atoms with Crippen LogP contribution < -0.4 is 9.47 Å². The fraction of sp³-hybridized carbons (Fsp3) is 0.214. The molecule has 4 nitrogen and oxygen atoms in total. The van der Waals surface area contributed by atoms with Crippen LogP contribution in [0.3, 0.4) is 0 Å². The van der Waals surface area contributed by atoms with E-state index in [0.717, 1.165) is 37.0 Å². The molecule has 0 aliphatic carbocycles. The topological polar surface area (TPSA) is 47.1 Å². The van der Waals surface area contributed by atoms with Crippen LogP contribution in [-0.2, 0) is 0 Å². The number of aryl methyl sites for hydroxylation is 1. The number of nitrogens with zero attached hydrogens (tertiary/aromatic N) is 1. The first-order chi connectivity index (χ1) is 9.70. The molecule has 1 aliphatic heterocycles. The SMILES string of the molecule is Cc1cc(-c2nc3cc4c(cc3[nH]2)OCCO4)sc1Br. The van der Waals surface area contributed by atoms with E-state index in [-0.39, 0.29) is 0 Å². The Kier molecular flexibility index (Phi) is 2.75. The lowest BCUT2D eigenvalue weighted by atomic mass is 10.2. The maximum atomic E-state index is 5.59. The zero-order valence-electron chi connectivity index (χ0n) is 10.7. The van der Waals surface area contributed by atoms with Crippen molar-refractivity contribution in [3.05, 3.63) is 27.5 Å². The van der Waals surface area contributed by atoms with Gasteiger partial charge in [-0.15, -0.1) is 11.3 Å². The molecule has 2 aromatic heterocycles. The van der Waals surface area contributed by atoms with Crippen LogP contribution in [0, 0.1) is 6.92 Å². The molecule has 0 saturated heterocycles. The minimum atomic E-state index is 0.590. The molecule has 1 aromatic carbocycles. The van der Waals surface area contributed by atoms with Crippen molar-refractivity contribution in [2.75, 3.05) is 13.2 Å². The summed E-state index contributed by atoms with van der Waals surface area (Å²) < 4.78 is 12.3. The van der Waals surface area contributed by atoms with E-state index < -0.39 is 0 Å². The van der Waals surface area contributed by atoms with Crippen LogP contribution in [0.15, 0.2) is 22.0 Å². The second kappa shape index (κ2) is 4.49. The van der Waals surface area contributed by atoms with Gasteiger partial charge in [0.1, 0.15) is 19.0 Å². The molecule has 1 aliphatic rings. The minimum Gasteiger partial charge on any atom is -0.486 e. The first-order valence-corrected chi connectivity index (χ1v) is 7.87. The number of nitrogens with one attached hydrogen (secondary N) is 1. The van der Waals surface area contributed by atoms with E-state index in [4.69, 9.17) is 9.47 Å². The Bertz CT molecular complexity index is 746. The summed E-state index contributed by atoms with van der Waals surface area (Å²) >= 11 is 5.22. The molecule has 3 aromatic rings. The predicted octanol–water partition coefficient (Wildman–Crippen LogP) is 4.13. The van der Waals surface area contributed by atoms with Crippen molar-refractivity contribution in [2.24, 2.45) is 0 Å². The van der Waals surface area contributed by atoms with Gasteiger partial charge in [0.2, 0.25) is 0 Å². The molecule has 0 unspecified atom stereocenters. The van der Waals surface area contributed by atoms with E-state index in [1.54, 1.807) is 11.3 Å². The number of ether oxygens (including phenoxy) is 2. The van der Waals surface area contributed by atoms with Gasteiger partial charge >= 0.3 is 0 Å². The first kappa shape index (κ1) is 12.2. The fourth-order valence-electron chi connectivity index (χ4n) is 2.24. The Morgan fingerprint density at radius 1 is 1.20 bits per heavy atom. The number of halogens is 1. The zero-order chi connectivity index (χ0) is 13.7. The lowest BCUT2D eigenvalue weighted by Crippen LogP contribution is -2.15. The molecule has 4 rings (SSSR count). The van der Waals surface area contributed by atoms with E-state index >= 15 is 0 Å². The lowest BCUT2D eigenvalue weighted by molar-refractivity contribution is 0.172. The van der Waals surface area contributed by atoms with Gasteiger partial charge in [0.15, 0.2) is 11.5 Å². The van der Waals surface area contributed by atoms with Gasteiger partial charge in [-0.2, -0.15) is 0 Å². The number of imidazole rings is 1. The molecule has 0 radical (unpaired) electrons. The summed E-state index contributed by atoms with van der Waals surface area (Å²) in [6, 6.07) is 6.01. The van der Waals surface area contributed by atoms with Gasteiger partial charge in [0.25, 0.3) is 0 Å². The zero-order valence-corrected chi connectivity index (χ0v) is 13.1. The number of H-pyrrole nitrogens is 1. The van der Waals surface area contributed by atoms with Crippen LogP contribution in [0.25, 0.3) is 21.7 Å². The number of hydrogen-bond acceptors (Lipinski definition) is 4. The van der Waals surface area contributed by atoms with E-state index in [1.165, 1.54) is 5.56 Å². The summed E-state index contributed by atoms with van der Waals surface area (Å²) in [7, 11) is 0. The quantitative estimate of drug-likeness (QED) is 0.717. The molecule has 0 saturated carbocycles. The third-order valence-electron chi connectivity index (χ3n) is 3.24. The Hall–Kier alpha value is -1.53. The average Bonchev–Trinajstić information content (AvgIpc) is 3.00. The van der Waals surface area contributed by atoms with Gasteiger partial charge < -0.3 is 14.5 Å². The average molecular weight is 351 g/mol. The second-order valence-corrected chi connectivity index (χ2v) is 7.04. The number of fused-ring (bicyclic) bond motifs is 2.